The zero-order valence-corrected chi connectivity index (χ0v) is 30.2. The molecule has 0 saturated carbocycles. The van der Waals surface area contributed by atoms with Gasteiger partial charge in [-0.25, -0.2) is 9.97 Å². The van der Waals surface area contributed by atoms with Crippen LogP contribution in [0.4, 0.5) is 13.2 Å². The van der Waals surface area contributed by atoms with Crippen molar-refractivity contribution in [1.29, 1.82) is 0 Å². The number of pyridine rings is 1. The van der Waals surface area contributed by atoms with Gasteiger partial charge in [-0.05, 0) is 76.6 Å². The van der Waals surface area contributed by atoms with E-state index < -0.39 is 11.7 Å². The molecule has 0 unspecified atom stereocenters. The Hall–Kier alpha value is -5.98. The molecule has 5 nitrogen and oxygen atoms in total. The van der Waals surface area contributed by atoms with Gasteiger partial charge in [0.05, 0.1) is 16.6 Å². The number of halogens is 3. The quantitative estimate of drug-likeness (QED) is 0.166. The van der Waals surface area contributed by atoms with Gasteiger partial charge in [0, 0.05) is 23.0 Å². The van der Waals surface area contributed by atoms with Crippen molar-refractivity contribution in [3.63, 3.8) is 0 Å². The molecule has 4 heterocycles. The van der Waals surface area contributed by atoms with Crippen molar-refractivity contribution in [2.45, 2.75) is 13.1 Å². The first-order valence-electron chi connectivity index (χ1n) is 16.9. The van der Waals surface area contributed by atoms with Gasteiger partial charge in [0.2, 0.25) is 0 Å². The number of para-hydroxylation sites is 4. The molecule has 258 valence electrons. The van der Waals surface area contributed by atoms with E-state index in [0.29, 0.717) is 22.4 Å². The fraction of sp³-hybridized carbons (Fsp3) is 0.0455. The number of alkyl halides is 3. The summed E-state index contributed by atoms with van der Waals surface area (Å²) in [5.41, 5.74) is 7.80. The summed E-state index contributed by atoms with van der Waals surface area (Å²) in [5.74, 6) is 1.26. The van der Waals surface area contributed by atoms with Crippen molar-refractivity contribution in [2.75, 3.05) is 0 Å². The van der Waals surface area contributed by atoms with Crippen LogP contribution in [-0.2, 0) is 27.2 Å². The Labute approximate surface area is 315 Å². The van der Waals surface area contributed by atoms with Crippen LogP contribution in [0.2, 0.25) is 0 Å². The molecule has 0 bridgehead atoms. The van der Waals surface area contributed by atoms with Gasteiger partial charge in [0.25, 0.3) is 0 Å². The first-order valence-corrected chi connectivity index (χ1v) is 16.9. The fourth-order valence-corrected chi connectivity index (χ4v) is 7.64. The molecule has 0 N–H and O–H groups in total. The zero-order chi connectivity index (χ0) is 35.1. The van der Waals surface area contributed by atoms with Crippen molar-refractivity contribution in [3.8, 4) is 34.0 Å². The van der Waals surface area contributed by atoms with Gasteiger partial charge in [0.1, 0.15) is 11.6 Å². The van der Waals surface area contributed by atoms with Crippen molar-refractivity contribution in [1.82, 2.24) is 24.1 Å². The molecule has 53 heavy (non-hydrogen) atoms. The Kier molecular flexibility index (Phi) is 7.64. The minimum absolute atomic E-state index is 0. The Morgan fingerprint density at radius 2 is 1.43 bits per heavy atom. The van der Waals surface area contributed by atoms with E-state index in [0.717, 1.165) is 71.8 Å². The summed E-state index contributed by atoms with van der Waals surface area (Å²) < 4.78 is 46.2. The van der Waals surface area contributed by atoms with Crippen molar-refractivity contribution in [2.24, 2.45) is 0 Å². The second kappa shape index (κ2) is 12.3. The number of nitrogens with zero attached hydrogens (tertiary/aromatic N) is 5. The average molecular weight is 877 g/mol. The molecule has 10 rings (SSSR count). The second-order valence-corrected chi connectivity index (χ2v) is 13.0. The summed E-state index contributed by atoms with van der Waals surface area (Å²) in [6.07, 6.45) is -2.86. The molecular weight excluding hydrogens is 851 g/mol. The summed E-state index contributed by atoms with van der Waals surface area (Å²) in [4.78, 5) is 15.0. The van der Waals surface area contributed by atoms with E-state index in [1.165, 1.54) is 12.1 Å². The number of aryl methyl sites for hydroxylation is 1. The van der Waals surface area contributed by atoms with Crippen LogP contribution >= 0.6 is 0 Å². The molecule has 0 spiro atoms. The minimum atomic E-state index is -4.50. The molecular formula is C44H26F3N5Pt. The van der Waals surface area contributed by atoms with Crippen molar-refractivity contribution in [3.05, 3.63) is 157 Å². The van der Waals surface area contributed by atoms with E-state index in [2.05, 4.69) is 52.0 Å². The van der Waals surface area contributed by atoms with Crippen LogP contribution in [0.3, 0.4) is 0 Å². The largest absolute Gasteiger partial charge is 2.00 e. The molecule has 0 aliphatic rings. The number of imidazole rings is 1. The number of hydrogen-bond acceptors (Lipinski definition) is 2. The molecule has 0 aliphatic heterocycles. The third-order valence-electron chi connectivity index (χ3n) is 9.87. The normalized spacial score (nSPS) is 12.0. The van der Waals surface area contributed by atoms with Crippen molar-refractivity contribution < 1.29 is 34.2 Å². The summed E-state index contributed by atoms with van der Waals surface area (Å²) in [6.45, 7) is 1.72. The number of rotatable bonds is 4. The van der Waals surface area contributed by atoms with E-state index >= 15 is 0 Å². The fourth-order valence-electron chi connectivity index (χ4n) is 7.64. The van der Waals surface area contributed by atoms with Crippen LogP contribution in [0.25, 0.3) is 88.7 Å². The van der Waals surface area contributed by atoms with Crippen LogP contribution < -0.4 is 4.98 Å². The van der Waals surface area contributed by atoms with Crippen LogP contribution in [0.1, 0.15) is 11.1 Å². The van der Waals surface area contributed by atoms with Gasteiger partial charge >= 0.3 is 27.2 Å². The zero-order valence-electron chi connectivity index (χ0n) is 28.0. The Balaban J connectivity index is 0.00000372. The van der Waals surface area contributed by atoms with Gasteiger partial charge in [0.15, 0.2) is 0 Å². The second-order valence-electron chi connectivity index (χ2n) is 13.0. The van der Waals surface area contributed by atoms with E-state index in [1.807, 2.05) is 72.8 Å². The van der Waals surface area contributed by atoms with Crippen LogP contribution in [0.5, 0.6) is 0 Å². The number of fused-ring (bicyclic) bond motifs is 7. The van der Waals surface area contributed by atoms with Gasteiger partial charge in [-0.3, -0.25) is 4.57 Å². The van der Waals surface area contributed by atoms with Gasteiger partial charge in [-0.1, -0.05) is 89.8 Å². The molecule has 10 aromatic rings. The summed E-state index contributed by atoms with van der Waals surface area (Å²) in [5, 5.41) is 3.67. The predicted octanol–water partition coefficient (Wildman–Crippen LogP) is 11.2. The maximum atomic E-state index is 14.1. The van der Waals surface area contributed by atoms with E-state index in [4.69, 9.17) is 9.97 Å². The predicted molar refractivity (Wildman–Crippen MR) is 201 cm³/mol. The summed E-state index contributed by atoms with van der Waals surface area (Å²) in [7, 11) is 0. The molecule has 0 fully saturated rings. The van der Waals surface area contributed by atoms with E-state index in [9.17, 15) is 13.2 Å². The molecule has 4 aromatic heterocycles. The first kappa shape index (κ1) is 32.9. The third-order valence-corrected chi connectivity index (χ3v) is 9.87. The molecule has 6 aromatic carbocycles. The van der Waals surface area contributed by atoms with E-state index in [-0.39, 0.29) is 21.1 Å². The van der Waals surface area contributed by atoms with Crippen LogP contribution in [0.15, 0.2) is 140 Å². The van der Waals surface area contributed by atoms with Crippen molar-refractivity contribution >= 4 is 54.6 Å². The maximum Gasteiger partial charge on any atom is 2.00 e. The van der Waals surface area contributed by atoms with Gasteiger partial charge in [-0.15, -0.1) is 34.8 Å². The summed E-state index contributed by atoms with van der Waals surface area (Å²) in [6, 6.07) is 46.0. The molecule has 9 heteroatoms. The monoisotopic (exact) mass is 876 g/mol. The first-order chi connectivity index (χ1) is 25.3. The number of hydrogen-bond donors (Lipinski definition) is 0. The standard InChI is InChI=1S/C44H26F3N5.Pt/c1-26-23-28(44(45,46)47)25-38-40(26)33-21-20-27(24-37(33)52(38)39-19-7-8-22-48-39)30-14-10-18-36-42(30)50-43(51(36)29-11-3-2-4-12-29)34-16-9-15-32-31-13-5-6-17-35(31)49-41(32)34;/h2-23,25H,1H3;/q-2;+2. The third kappa shape index (κ3) is 5.12. The van der Waals surface area contributed by atoms with Crippen LogP contribution in [0, 0.1) is 13.0 Å². The van der Waals surface area contributed by atoms with E-state index in [1.54, 1.807) is 29.8 Å². The van der Waals surface area contributed by atoms with Gasteiger partial charge in [-0.2, -0.15) is 13.2 Å². The van der Waals surface area contributed by atoms with Crippen LogP contribution in [-0.4, -0.2) is 19.1 Å². The molecule has 0 amide bonds. The summed E-state index contributed by atoms with van der Waals surface area (Å²) >= 11 is 0. The smallest absolute Gasteiger partial charge is 0.656 e. The number of benzene rings is 6. The minimum Gasteiger partial charge on any atom is -0.656 e. The van der Waals surface area contributed by atoms with Gasteiger partial charge < -0.3 is 9.55 Å². The molecule has 0 radical (unpaired) electrons. The molecule has 0 saturated heterocycles. The molecule has 0 aliphatic carbocycles. The molecule has 0 atom stereocenters. The topological polar surface area (TPSA) is 49.7 Å². The Morgan fingerprint density at radius 3 is 2.25 bits per heavy atom. The number of aromatic nitrogens is 5. The Bertz CT molecular complexity index is 3010. The Morgan fingerprint density at radius 1 is 0.679 bits per heavy atom. The SMILES string of the molecule is Cc1cc(C(F)(F)F)cc2c1c1ccc(-c3cccc4c3nc(-c3cccc5c3[n-]c3ccccc35)n4-c3ccccc3)[c-]c1n2-c1ccccn1.[Pt+2]. The average Bonchev–Trinajstić information content (AvgIpc) is 3.85. The maximum absolute atomic E-state index is 14.1.